The van der Waals surface area contributed by atoms with E-state index in [0.29, 0.717) is 37.5 Å². The molecule has 0 unspecified atom stereocenters. The van der Waals surface area contributed by atoms with E-state index in [1.165, 1.54) is 0 Å². The fourth-order valence-corrected chi connectivity index (χ4v) is 3.07. The summed E-state index contributed by atoms with van der Waals surface area (Å²) >= 11 is 0. The maximum absolute atomic E-state index is 12.3. The smallest absolute Gasteiger partial charge is 0.249 e. The van der Waals surface area contributed by atoms with Crippen LogP contribution in [0, 0.1) is 5.41 Å². The number of amides is 2. The lowest BCUT2D eigenvalue weighted by Gasteiger charge is -2.21. The number of aromatic nitrogens is 3. The van der Waals surface area contributed by atoms with Gasteiger partial charge in [-0.3, -0.25) is 14.6 Å². The Morgan fingerprint density at radius 3 is 2.78 bits per heavy atom. The van der Waals surface area contributed by atoms with Crippen molar-refractivity contribution >= 4 is 11.8 Å². The first-order chi connectivity index (χ1) is 12.8. The Kier molecular flexibility index (Phi) is 5.53. The van der Waals surface area contributed by atoms with Crippen molar-refractivity contribution in [1.82, 2.24) is 25.3 Å². The monoisotopic (exact) mass is 371 g/mol. The number of rotatable bonds is 6. The van der Waals surface area contributed by atoms with Crippen LogP contribution in [0.4, 0.5) is 0 Å². The number of nitrogens with zero attached hydrogens (tertiary/aromatic N) is 4. The summed E-state index contributed by atoms with van der Waals surface area (Å²) in [4.78, 5) is 34.4. The normalized spacial score (nSPS) is 17.4. The zero-order valence-corrected chi connectivity index (χ0v) is 15.9. The molecule has 1 atom stereocenters. The highest BCUT2D eigenvalue weighted by Gasteiger charge is 2.35. The molecule has 8 heteroatoms. The van der Waals surface area contributed by atoms with Crippen LogP contribution in [0.5, 0.6) is 0 Å². The molecule has 1 fully saturated rings. The first-order valence-electron chi connectivity index (χ1n) is 9.09. The van der Waals surface area contributed by atoms with Crippen LogP contribution in [0.2, 0.25) is 0 Å². The zero-order valence-electron chi connectivity index (χ0n) is 15.9. The average Bonchev–Trinajstić information content (AvgIpc) is 3.20. The third-order valence-corrected chi connectivity index (χ3v) is 4.33. The topological polar surface area (TPSA) is 101 Å². The number of likely N-dealkylation sites (tertiary alicyclic amines) is 1. The van der Waals surface area contributed by atoms with Gasteiger partial charge in [-0.2, -0.15) is 4.98 Å². The number of hydrogen-bond donors (Lipinski definition) is 1. The van der Waals surface area contributed by atoms with Gasteiger partial charge in [0.05, 0.1) is 6.54 Å². The highest BCUT2D eigenvalue weighted by molar-refractivity contribution is 5.78. The van der Waals surface area contributed by atoms with Gasteiger partial charge < -0.3 is 14.7 Å². The summed E-state index contributed by atoms with van der Waals surface area (Å²) in [6.45, 7) is 6.71. The minimum atomic E-state index is -0.239. The van der Waals surface area contributed by atoms with Crippen molar-refractivity contribution in [2.24, 2.45) is 5.41 Å². The Hall–Kier alpha value is -2.77. The number of nitrogens with one attached hydrogen (secondary N) is 1. The van der Waals surface area contributed by atoms with Crippen molar-refractivity contribution in [2.45, 2.75) is 59.2 Å². The van der Waals surface area contributed by atoms with E-state index in [1.54, 1.807) is 17.3 Å². The van der Waals surface area contributed by atoms with Crippen molar-refractivity contribution < 1.29 is 14.1 Å². The van der Waals surface area contributed by atoms with Crippen molar-refractivity contribution in [2.75, 3.05) is 0 Å². The molecule has 8 nitrogen and oxygen atoms in total. The van der Waals surface area contributed by atoms with Crippen LogP contribution < -0.4 is 5.32 Å². The van der Waals surface area contributed by atoms with Crippen LogP contribution in [0.1, 0.15) is 63.4 Å². The van der Waals surface area contributed by atoms with Gasteiger partial charge in [-0.05, 0) is 29.5 Å². The molecule has 0 bridgehead atoms. The van der Waals surface area contributed by atoms with Gasteiger partial charge in [-0.15, -0.1) is 0 Å². The predicted octanol–water partition coefficient (Wildman–Crippen LogP) is 2.38. The molecule has 1 N–H and O–H groups in total. The fourth-order valence-electron chi connectivity index (χ4n) is 3.07. The lowest BCUT2D eigenvalue weighted by Crippen LogP contribution is -2.28. The summed E-state index contributed by atoms with van der Waals surface area (Å²) in [7, 11) is 0. The Labute approximate surface area is 158 Å². The second-order valence-corrected chi connectivity index (χ2v) is 7.99. The summed E-state index contributed by atoms with van der Waals surface area (Å²) < 4.78 is 5.38. The lowest BCUT2D eigenvalue weighted by atomic mass is 9.92. The molecule has 0 spiro atoms. The van der Waals surface area contributed by atoms with E-state index in [0.717, 1.165) is 5.56 Å². The number of carbonyl (C=O) groups is 2. The van der Waals surface area contributed by atoms with Gasteiger partial charge in [0.1, 0.15) is 6.04 Å². The van der Waals surface area contributed by atoms with Gasteiger partial charge in [0, 0.05) is 31.8 Å². The van der Waals surface area contributed by atoms with E-state index in [2.05, 4.69) is 20.4 Å². The molecule has 0 radical (unpaired) electrons. The van der Waals surface area contributed by atoms with Gasteiger partial charge >= 0.3 is 0 Å². The molecule has 0 aromatic carbocycles. The van der Waals surface area contributed by atoms with Crippen LogP contribution in [0.25, 0.3) is 0 Å². The van der Waals surface area contributed by atoms with E-state index in [-0.39, 0.29) is 29.8 Å². The van der Waals surface area contributed by atoms with Gasteiger partial charge in [0.25, 0.3) is 0 Å². The Morgan fingerprint density at radius 1 is 1.33 bits per heavy atom. The summed E-state index contributed by atoms with van der Waals surface area (Å²) in [6, 6.07) is 3.52. The average molecular weight is 371 g/mol. The standard InChI is InChI=1S/C19H25N5O3/c1-19(2,3)10-16(25)21-11-15-22-18(27-23-15)14-4-5-17(26)24(14)12-13-6-8-20-9-7-13/h6-9,14H,4-5,10-12H2,1-3H3,(H,21,25)/t14-/m0/s1. The van der Waals surface area contributed by atoms with Gasteiger partial charge in [-0.25, -0.2) is 0 Å². The Bertz CT molecular complexity index is 797. The molecule has 3 rings (SSSR count). The van der Waals surface area contributed by atoms with Crippen LogP contribution in [-0.2, 0) is 22.7 Å². The first-order valence-corrected chi connectivity index (χ1v) is 9.09. The van der Waals surface area contributed by atoms with Crippen molar-refractivity contribution in [1.29, 1.82) is 0 Å². The third-order valence-electron chi connectivity index (χ3n) is 4.33. The molecular weight excluding hydrogens is 346 g/mol. The Morgan fingerprint density at radius 2 is 2.07 bits per heavy atom. The molecule has 2 aromatic heterocycles. The molecule has 1 aliphatic heterocycles. The lowest BCUT2D eigenvalue weighted by molar-refractivity contribution is -0.130. The minimum absolute atomic E-state index is 0.0517. The summed E-state index contributed by atoms with van der Waals surface area (Å²) in [5.74, 6) is 0.838. The van der Waals surface area contributed by atoms with Gasteiger partial charge in [0.15, 0.2) is 5.82 Å². The molecule has 1 saturated heterocycles. The SMILES string of the molecule is CC(C)(C)CC(=O)NCc1noc([C@@H]2CCC(=O)N2Cc2ccncc2)n1. The Balaban J connectivity index is 1.62. The van der Waals surface area contributed by atoms with Crippen LogP contribution in [0.15, 0.2) is 29.0 Å². The quantitative estimate of drug-likeness (QED) is 0.836. The van der Waals surface area contributed by atoms with Gasteiger partial charge in [0.2, 0.25) is 17.7 Å². The van der Waals surface area contributed by atoms with E-state index in [4.69, 9.17) is 4.52 Å². The van der Waals surface area contributed by atoms with E-state index >= 15 is 0 Å². The van der Waals surface area contributed by atoms with Crippen molar-refractivity contribution in [3.8, 4) is 0 Å². The molecule has 144 valence electrons. The number of carbonyl (C=O) groups excluding carboxylic acids is 2. The molecule has 1 aliphatic rings. The van der Waals surface area contributed by atoms with Crippen LogP contribution in [-0.4, -0.2) is 31.8 Å². The second-order valence-electron chi connectivity index (χ2n) is 7.99. The van der Waals surface area contributed by atoms with Crippen molar-refractivity contribution in [3.05, 3.63) is 41.8 Å². The highest BCUT2D eigenvalue weighted by atomic mass is 16.5. The van der Waals surface area contributed by atoms with Crippen molar-refractivity contribution in [3.63, 3.8) is 0 Å². The van der Waals surface area contributed by atoms with Gasteiger partial charge in [-0.1, -0.05) is 25.9 Å². The van der Waals surface area contributed by atoms with E-state index < -0.39 is 0 Å². The number of pyridine rings is 1. The minimum Gasteiger partial charge on any atom is -0.349 e. The first kappa shape index (κ1) is 19.0. The third kappa shape index (κ3) is 5.12. The van der Waals surface area contributed by atoms with Crippen LogP contribution in [0.3, 0.4) is 0 Å². The van der Waals surface area contributed by atoms with E-state index in [1.807, 2.05) is 32.9 Å². The molecule has 0 aliphatic carbocycles. The summed E-state index contributed by atoms with van der Waals surface area (Å²) in [5.41, 5.74) is 0.920. The maximum atomic E-state index is 12.3. The molecule has 0 saturated carbocycles. The highest BCUT2D eigenvalue weighted by Crippen LogP contribution is 2.33. The molecule has 27 heavy (non-hydrogen) atoms. The molecular formula is C19H25N5O3. The number of hydrogen-bond acceptors (Lipinski definition) is 6. The molecule has 2 amide bonds. The molecule has 2 aromatic rings. The second kappa shape index (κ2) is 7.85. The zero-order chi connectivity index (χ0) is 19.4. The summed E-state index contributed by atoms with van der Waals surface area (Å²) in [5, 5.41) is 6.75. The van der Waals surface area contributed by atoms with E-state index in [9.17, 15) is 9.59 Å². The predicted molar refractivity (Wildman–Crippen MR) is 97.0 cm³/mol. The maximum Gasteiger partial charge on any atom is 0.249 e. The van der Waals surface area contributed by atoms with Crippen LogP contribution >= 0.6 is 0 Å². The fraction of sp³-hybridized carbons (Fsp3) is 0.526. The molecule has 3 heterocycles. The largest absolute Gasteiger partial charge is 0.349 e. The summed E-state index contributed by atoms with van der Waals surface area (Å²) in [6.07, 6.45) is 4.93.